The van der Waals surface area contributed by atoms with Crippen LogP contribution in [-0.4, -0.2) is 25.2 Å². The maximum Gasteiger partial charge on any atom is 0.368 e. The molecule has 0 aliphatic carbocycles. The average Bonchev–Trinajstić information content (AvgIpc) is 2.24. The van der Waals surface area contributed by atoms with Crippen molar-refractivity contribution >= 4 is 5.97 Å². The molecule has 0 fully saturated rings. The Bertz CT molecular complexity index is 226. The summed E-state index contributed by atoms with van der Waals surface area (Å²) < 4.78 is 10.3. The lowest BCUT2D eigenvalue weighted by Crippen LogP contribution is -2.23. The van der Waals surface area contributed by atoms with Crippen LogP contribution in [0.5, 0.6) is 0 Å². The minimum atomic E-state index is -0.685. The van der Waals surface area contributed by atoms with Crippen LogP contribution in [0.1, 0.15) is 34.1 Å². The first-order valence-corrected chi connectivity index (χ1v) is 5.33. The van der Waals surface area contributed by atoms with Gasteiger partial charge in [0.05, 0.1) is 0 Å². The highest BCUT2D eigenvalue weighted by Crippen LogP contribution is 2.05. The van der Waals surface area contributed by atoms with Gasteiger partial charge in [0.15, 0.2) is 6.29 Å². The molecule has 0 heterocycles. The van der Waals surface area contributed by atoms with Gasteiger partial charge in [-0.3, -0.25) is 4.89 Å². The second kappa shape index (κ2) is 8.27. The predicted molar refractivity (Wildman–Crippen MR) is 58.2 cm³/mol. The second-order valence-electron chi connectivity index (χ2n) is 3.15. The molecule has 0 rings (SSSR count). The Balaban J connectivity index is 3.76. The largest absolute Gasteiger partial charge is 0.368 e. The van der Waals surface area contributed by atoms with Gasteiger partial charge in [-0.2, -0.15) is 4.89 Å². The molecule has 5 nitrogen and oxygen atoms in total. The van der Waals surface area contributed by atoms with E-state index >= 15 is 0 Å². The molecule has 0 radical (unpaired) electrons. The summed E-state index contributed by atoms with van der Waals surface area (Å²) in [5.74, 6) is -0.581. The Morgan fingerprint density at radius 2 is 1.88 bits per heavy atom. The molecule has 0 N–H and O–H groups in total. The topological polar surface area (TPSA) is 54.0 Å². The number of rotatable bonds is 8. The number of carbonyl (C=O) groups excluding carboxylic acids is 1. The molecule has 94 valence electrons. The van der Waals surface area contributed by atoms with Gasteiger partial charge in [-0.25, -0.2) is 4.79 Å². The summed E-state index contributed by atoms with van der Waals surface area (Å²) in [5.41, 5.74) is 0.352. The molecule has 0 aliphatic heterocycles. The summed E-state index contributed by atoms with van der Waals surface area (Å²) in [6.45, 7) is 11.1. The van der Waals surface area contributed by atoms with E-state index in [0.717, 1.165) is 0 Å². The van der Waals surface area contributed by atoms with Gasteiger partial charge in [0, 0.05) is 12.2 Å². The fourth-order valence-corrected chi connectivity index (χ4v) is 0.881. The molecule has 0 aromatic carbocycles. The summed E-state index contributed by atoms with van der Waals surface area (Å²) in [4.78, 5) is 20.4. The lowest BCUT2D eigenvalue weighted by Gasteiger charge is -2.17. The lowest BCUT2D eigenvalue weighted by molar-refractivity contribution is -0.367. The average molecular weight is 232 g/mol. The molecule has 2 unspecified atom stereocenters. The predicted octanol–water partition coefficient (Wildman–Crippen LogP) is 2.17. The monoisotopic (exact) mass is 232 g/mol. The quantitative estimate of drug-likeness (QED) is 0.278. The number of ether oxygens (including phenoxy) is 2. The molecule has 0 saturated carbocycles. The zero-order valence-electron chi connectivity index (χ0n) is 10.3. The maximum absolute atomic E-state index is 11.2. The third-order valence-electron chi connectivity index (χ3n) is 1.76. The van der Waals surface area contributed by atoms with E-state index < -0.39 is 18.5 Å². The maximum atomic E-state index is 11.2. The van der Waals surface area contributed by atoms with Gasteiger partial charge in [-0.1, -0.05) is 13.5 Å². The van der Waals surface area contributed by atoms with Crippen LogP contribution in [0.25, 0.3) is 0 Å². The van der Waals surface area contributed by atoms with E-state index in [-0.39, 0.29) is 0 Å². The smallest absolute Gasteiger partial charge is 0.353 e. The molecule has 0 saturated heterocycles. The van der Waals surface area contributed by atoms with Gasteiger partial charge < -0.3 is 9.47 Å². The molecule has 0 spiro atoms. The Labute approximate surface area is 96.2 Å². The van der Waals surface area contributed by atoms with Crippen molar-refractivity contribution in [3.63, 3.8) is 0 Å². The molecule has 2 atom stereocenters. The Kier molecular flexibility index (Phi) is 7.80. The molecule has 0 aromatic heterocycles. The molecule has 5 heteroatoms. The highest BCUT2D eigenvalue weighted by Gasteiger charge is 2.13. The highest BCUT2D eigenvalue weighted by atomic mass is 17.2. The van der Waals surface area contributed by atoms with Crippen LogP contribution >= 0.6 is 0 Å². The van der Waals surface area contributed by atoms with Crippen LogP contribution in [0.2, 0.25) is 0 Å². The van der Waals surface area contributed by atoms with Gasteiger partial charge in [-0.05, 0) is 27.2 Å². The van der Waals surface area contributed by atoms with Crippen molar-refractivity contribution in [2.75, 3.05) is 6.61 Å². The first-order valence-electron chi connectivity index (χ1n) is 5.33. The fraction of sp³-hybridized carbons (Fsp3) is 0.727. The molecule has 0 aliphatic rings. The van der Waals surface area contributed by atoms with Gasteiger partial charge in [-0.15, -0.1) is 0 Å². The van der Waals surface area contributed by atoms with E-state index in [4.69, 9.17) is 14.4 Å². The first kappa shape index (κ1) is 15.1. The Morgan fingerprint density at radius 1 is 1.25 bits per heavy atom. The van der Waals surface area contributed by atoms with Gasteiger partial charge in [0.25, 0.3) is 0 Å². The van der Waals surface area contributed by atoms with Crippen molar-refractivity contribution in [2.45, 2.75) is 46.7 Å². The van der Waals surface area contributed by atoms with E-state index in [2.05, 4.69) is 11.5 Å². The molecular weight excluding hydrogens is 212 g/mol. The second-order valence-corrected chi connectivity index (χ2v) is 3.15. The Morgan fingerprint density at radius 3 is 2.38 bits per heavy atom. The third-order valence-corrected chi connectivity index (χ3v) is 1.76. The molecule has 0 aromatic rings. The van der Waals surface area contributed by atoms with Gasteiger partial charge >= 0.3 is 5.97 Å². The van der Waals surface area contributed by atoms with Crippen molar-refractivity contribution in [3.8, 4) is 0 Å². The standard InChI is InChI=1S/C11H20O5/c1-6-8(3)11(12)16-15-10(5)14-9(4)13-7-2/h9-10H,3,6-7H2,1-2,4-5H3. The zero-order valence-corrected chi connectivity index (χ0v) is 10.3. The number of hydrogen-bond donors (Lipinski definition) is 0. The molecular formula is C11H20O5. The summed E-state index contributed by atoms with van der Waals surface area (Å²) in [6.07, 6.45) is -0.574. The summed E-state index contributed by atoms with van der Waals surface area (Å²) in [6, 6.07) is 0. The van der Waals surface area contributed by atoms with E-state index in [1.807, 2.05) is 6.92 Å². The highest BCUT2D eigenvalue weighted by molar-refractivity contribution is 5.87. The third kappa shape index (κ3) is 6.55. The van der Waals surface area contributed by atoms with Crippen molar-refractivity contribution in [3.05, 3.63) is 12.2 Å². The normalized spacial score (nSPS) is 14.2. The van der Waals surface area contributed by atoms with Crippen LogP contribution in [0, 0.1) is 0 Å². The molecule has 0 amide bonds. The molecule has 16 heavy (non-hydrogen) atoms. The van der Waals surface area contributed by atoms with Crippen LogP contribution in [0.3, 0.4) is 0 Å². The minimum Gasteiger partial charge on any atom is -0.353 e. The van der Waals surface area contributed by atoms with E-state index in [1.165, 1.54) is 0 Å². The van der Waals surface area contributed by atoms with Crippen molar-refractivity contribution in [1.82, 2.24) is 0 Å². The minimum absolute atomic E-state index is 0.352. The Hall–Kier alpha value is -0.910. The van der Waals surface area contributed by atoms with Gasteiger partial charge in [0.1, 0.15) is 0 Å². The van der Waals surface area contributed by atoms with Crippen LogP contribution in [0.15, 0.2) is 12.2 Å². The van der Waals surface area contributed by atoms with Crippen molar-refractivity contribution in [2.24, 2.45) is 0 Å². The van der Waals surface area contributed by atoms with E-state index in [9.17, 15) is 4.79 Å². The lowest BCUT2D eigenvalue weighted by atomic mass is 10.2. The van der Waals surface area contributed by atoms with Crippen molar-refractivity contribution < 1.29 is 24.0 Å². The zero-order chi connectivity index (χ0) is 12.6. The summed E-state index contributed by atoms with van der Waals surface area (Å²) in [5, 5.41) is 0. The van der Waals surface area contributed by atoms with E-state index in [0.29, 0.717) is 18.6 Å². The number of hydrogen-bond acceptors (Lipinski definition) is 5. The molecule has 0 bridgehead atoms. The summed E-state index contributed by atoms with van der Waals surface area (Å²) >= 11 is 0. The van der Waals surface area contributed by atoms with Gasteiger partial charge in [0.2, 0.25) is 6.29 Å². The van der Waals surface area contributed by atoms with Crippen LogP contribution < -0.4 is 0 Å². The SMILES string of the molecule is C=C(CC)C(=O)OOC(C)OC(C)OCC. The van der Waals surface area contributed by atoms with E-state index in [1.54, 1.807) is 20.8 Å². The van der Waals surface area contributed by atoms with Crippen molar-refractivity contribution in [1.29, 1.82) is 0 Å². The fourth-order valence-electron chi connectivity index (χ4n) is 0.881. The number of carbonyl (C=O) groups is 1. The first-order chi connectivity index (χ1) is 7.51. The summed E-state index contributed by atoms with van der Waals surface area (Å²) in [7, 11) is 0. The van der Waals surface area contributed by atoms with Crippen LogP contribution in [-0.2, 0) is 24.0 Å². The van der Waals surface area contributed by atoms with Crippen LogP contribution in [0.4, 0.5) is 0 Å².